The van der Waals surface area contributed by atoms with E-state index in [-0.39, 0.29) is 5.91 Å². The summed E-state index contributed by atoms with van der Waals surface area (Å²) in [6.45, 7) is 5.09. The van der Waals surface area contributed by atoms with Crippen molar-refractivity contribution in [2.45, 2.75) is 20.3 Å². The minimum Gasteiger partial charge on any atom is -0.493 e. The molecule has 0 spiro atoms. The first kappa shape index (κ1) is 23.4. The molecule has 0 aromatic heterocycles. The number of halogens is 1. The van der Waals surface area contributed by atoms with Gasteiger partial charge in [0, 0.05) is 13.5 Å². The van der Waals surface area contributed by atoms with Gasteiger partial charge < -0.3 is 14.2 Å². The summed E-state index contributed by atoms with van der Waals surface area (Å²) in [4.78, 5) is 14.2. The van der Waals surface area contributed by atoms with E-state index in [2.05, 4.69) is 13.8 Å². The van der Waals surface area contributed by atoms with E-state index >= 15 is 0 Å². The van der Waals surface area contributed by atoms with Crippen LogP contribution in [0.3, 0.4) is 0 Å². The summed E-state index contributed by atoms with van der Waals surface area (Å²) >= 11 is 12.9. The first-order valence-electron chi connectivity index (χ1n) is 9.72. The highest BCUT2D eigenvalue weighted by Crippen LogP contribution is 2.38. The van der Waals surface area contributed by atoms with Crippen LogP contribution in [0.2, 0.25) is 5.02 Å². The van der Waals surface area contributed by atoms with E-state index in [0.717, 1.165) is 11.3 Å². The summed E-state index contributed by atoms with van der Waals surface area (Å²) in [5, 5.41) is 0.410. The smallest absolute Gasteiger partial charge is 0.265 e. The second kappa shape index (κ2) is 10.4. The molecule has 1 amide bonds. The highest BCUT2D eigenvalue weighted by molar-refractivity contribution is 8.26. The van der Waals surface area contributed by atoms with Crippen LogP contribution in [0.25, 0.3) is 6.08 Å². The Morgan fingerprint density at radius 1 is 1.13 bits per heavy atom. The number of aryl methyl sites for hydroxylation is 2. The highest BCUT2D eigenvalue weighted by Gasteiger charge is 2.28. The van der Waals surface area contributed by atoms with Gasteiger partial charge in [-0.15, -0.1) is 0 Å². The molecule has 1 fully saturated rings. The van der Waals surface area contributed by atoms with E-state index in [1.807, 2.05) is 18.2 Å². The zero-order valence-corrected chi connectivity index (χ0v) is 20.2. The van der Waals surface area contributed by atoms with Crippen LogP contribution in [0.5, 0.6) is 17.2 Å². The molecule has 1 aliphatic heterocycles. The fourth-order valence-electron chi connectivity index (χ4n) is 2.89. The Labute approximate surface area is 197 Å². The van der Waals surface area contributed by atoms with Crippen LogP contribution in [0.15, 0.2) is 35.2 Å². The number of ether oxygens (including phenoxy) is 3. The quantitative estimate of drug-likeness (QED) is 0.278. The van der Waals surface area contributed by atoms with Gasteiger partial charge >= 0.3 is 0 Å². The minimum atomic E-state index is -0.130. The van der Waals surface area contributed by atoms with Gasteiger partial charge in [-0.2, -0.15) is 0 Å². The molecule has 1 heterocycles. The van der Waals surface area contributed by atoms with Crippen LogP contribution in [-0.2, 0) is 4.79 Å². The van der Waals surface area contributed by atoms with Gasteiger partial charge in [0.2, 0.25) is 0 Å². The molecule has 0 radical (unpaired) electrons. The SMILES string of the molecule is COc1cc(/C=C2/SC(=S)N(C)C2=O)cc(Cl)c1OCCCOc1ccc(C)c(C)c1. The molecule has 2 aromatic rings. The largest absolute Gasteiger partial charge is 0.493 e. The molecule has 0 aliphatic carbocycles. The lowest BCUT2D eigenvalue weighted by molar-refractivity contribution is -0.121. The normalized spacial score (nSPS) is 15.0. The van der Waals surface area contributed by atoms with Crippen molar-refractivity contribution < 1.29 is 19.0 Å². The predicted molar refractivity (Wildman–Crippen MR) is 130 cm³/mol. The fourth-order valence-corrected chi connectivity index (χ4v) is 4.34. The maximum atomic E-state index is 12.2. The third-order valence-electron chi connectivity index (χ3n) is 4.82. The van der Waals surface area contributed by atoms with E-state index in [1.54, 1.807) is 32.4 Å². The molecule has 0 atom stereocenters. The lowest BCUT2D eigenvalue weighted by atomic mass is 10.1. The Hall–Kier alpha value is -2.22. The summed E-state index contributed by atoms with van der Waals surface area (Å²) in [6, 6.07) is 9.57. The van der Waals surface area contributed by atoms with Gasteiger partial charge in [-0.25, -0.2) is 0 Å². The second-order valence-electron chi connectivity index (χ2n) is 7.07. The summed E-state index contributed by atoms with van der Waals surface area (Å²) in [5.74, 6) is 1.69. The van der Waals surface area contributed by atoms with E-state index in [9.17, 15) is 4.79 Å². The molecule has 0 unspecified atom stereocenters. The van der Waals surface area contributed by atoms with E-state index in [0.29, 0.717) is 45.4 Å². The van der Waals surface area contributed by atoms with Gasteiger partial charge in [-0.3, -0.25) is 9.69 Å². The number of nitrogens with zero attached hydrogens (tertiary/aromatic N) is 1. The monoisotopic (exact) mass is 477 g/mol. The van der Waals surface area contributed by atoms with Crippen LogP contribution < -0.4 is 14.2 Å². The molecule has 31 heavy (non-hydrogen) atoms. The van der Waals surface area contributed by atoms with Crippen LogP contribution in [0.1, 0.15) is 23.1 Å². The molecule has 1 saturated heterocycles. The summed E-state index contributed by atoms with van der Waals surface area (Å²) in [7, 11) is 3.21. The Morgan fingerprint density at radius 3 is 2.52 bits per heavy atom. The topological polar surface area (TPSA) is 48.0 Å². The zero-order chi connectivity index (χ0) is 22.5. The molecule has 0 N–H and O–H groups in total. The number of carbonyl (C=O) groups is 1. The molecule has 5 nitrogen and oxygen atoms in total. The van der Waals surface area contributed by atoms with Crippen LogP contribution in [-0.4, -0.2) is 42.5 Å². The molecule has 164 valence electrons. The third kappa shape index (κ3) is 5.73. The number of thioether (sulfide) groups is 1. The molecule has 3 rings (SSSR count). The number of rotatable bonds is 8. The minimum absolute atomic E-state index is 0.130. The Bertz CT molecular complexity index is 1040. The molecule has 0 bridgehead atoms. The Morgan fingerprint density at radius 2 is 1.87 bits per heavy atom. The fraction of sp³-hybridized carbons (Fsp3) is 0.304. The van der Waals surface area contributed by atoms with Crippen LogP contribution in [0, 0.1) is 13.8 Å². The van der Waals surface area contributed by atoms with Gasteiger partial charge in [0.05, 0.1) is 30.3 Å². The van der Waals surface area contributed by atoms with Gasteiger partial charge in [-0.1, -0.05) is 41.6 Å². The third-order valence-corrected chi connectivity index (χ3v) is 6.58. The number of amides is 1. The van der Waals surface area contributed by atoms with E-state index in [4.69, 9.17) is 38.0 Å². The van der Waals surface area contributed by atoms with E-state index in [1.165, 1.54) is 27.8 Å². The van der Waals surface area contributed by atoms with Crippen molar-refractivity contribution >= 4 is 51.9 Å². The van der Waals surface area contributed by atoms with Crippen molar-refractivity contribution in [1.82, 2.24) is 4.90 Å². The van der Waals surface area contributed by atoms with Crippen molar-refractivity contribution in [3.05, 3.63) is 56.9 Å². The standard InChI is InChI=1S/C23H24ClNO4S2/c1-14-6-7-17(10-15(14)2)28-8-5-9-29-21-18(24)11-16(12-19(21)27-4)13-20-22(26)25(3)23(30)31-20/h6-7,10-13H,5,8-9H2,1-4H3/b20-13+. The lowest BCUT2D eigenvalue weighted by Crippen LogP contribution is -2.22. The van der Waals surface area contributed by atoms with Crippen molar-refractivity contribution in [2.75, 3.05) is 27.4 Å². The summed E-state index contributed by atoms with van der Waals surface area (Å²) in [6.07, 6.45) is 2.44. The maximum Gasteiger partial charge on any atom is 0.265 e. The summed E-state index contributed by atoms with van der Waals surface area (Å²) in [5.41, 5.74) is 3.18. The molecule has 8 heteroatoms. The van der Waals surface area contributed by atoms with Crippen molar-refractivity contribution in [3.63, 3.8) is 0 Å². The number of likely N-dealkylation sites (N-methyl/N-ethyl adjacent to an activating group) is 1. The van der Waals surface area contributed by atoms with Crippen molar-refractivity contribution in [3.8, 4) is 17.2 Å². The Balaban J connectivity index is 1.61. The molecule has 0 saturated carbocycles. The number of methoxy groups -OCH3 is 1. The number of carbonyl (C=O) groups excluding carboxylic acids is 1. The van der Waals surface area contributed by atoms with Gasteiger partial charge in [0.1, 0.15) is 10.1 Å². The first-order valence-corrected chi connectivity index (χ1v) is 11.3. The molecular weight excluding hydrogens is 454 g/mol. The average Bonchev–Trinajstić information content (AvgIpc) is 2.97. The van der Waals surface area contributed by atoms with Crippen LogP contribution in [0.4, 0.5) is 0 Å². The van der Waals surface area contributed by atoms with Gasteiger partial charge in [0.15, 0.2) is 11.5 Å². The van der Waals surface area contributed by atoms with E-state index < -0.39 is 0 Å². The maximum absolute atomic E-state index is 12.2. The van der Waals surface area contributed by atoms with Gasteiger partial charge in [0.25, 0.3) is 5.91 Å². The average molecular weight is 478 g/mol. The second-order valence-corrected chi connectivity index (χ2v) is 9.15. The molecule has 1 aliphatic rings. The van der Waals surface area contributed by atoms with Crippen LogP contribution >= 0.6 is 35.6 Å². The predicted octanol–water partition coefficient (Wildman–Crippen LogP) is 5.64. The Kier molecular flexibility index (Phi) is 7.86. The lowest BCUT2D eigenvalue weighted by Gasteiger charge is -2.14. The van der Waals surface area contributed by atoms with Crippen molar-refractivity contribution in [1.29, 1.82) is 0 Å². The van der Waals surface area contributed by atoms with Crippen molar-refractivity contribution in [2.24, 2.45) is 0 Å². The molecular formula is C23H24ClNO4S2. The number of hydrogen-bond donors (Lipinski definition) is 0. The zero-order valence-electron chi connectivity index (χ0n) is 17.9. The number of thiocarbonyl (C=S) groups is 1. The summed E-state index contributed by atoms with van der Waals surface area (Å²) < 4.78 is 17.6. The highest BCUT2D eigenvalue weighted by atomic mass is 35.5. The van der Waals surface area contributed by atoms with Gasteiger partial charge in [-0.05, 0) is 60.9 Å². The number of hydrogen-bond acceptors (Lipinski definition) is 6. The number of benzene rings is 2. The first-order chi connectivity index (χ1) is 14.8. The molecule has 2 aromatic carbocycles.